The molecule has 4 nitrogen and oxygen atoms in total. The minimum Gasteiger partial charge on any atom is -0.375 e. The predicted molar refractivity (Wildman–Crippen MR) is 74.3 cm³/mol. The molecule has 0 bridgehead atoms. The SMILES string of the molecule is O=C(CN1CCO[C@@H]2CCC[C@@H]21)N1CCC[C@H](C(F)(F)F)C1. The van der Waals surface area contributed by atoms with Gasteiger partial charge in [-0.25, -0.2) is 0 Å². The Hall–Kier alpha value is -0.820. The molecule has 0 aromatic rings. The number of rotatable bonds is 2. The average molecular weight is 320 g/mol. The van der Waals surface area contributed by atoms with E-state index in [1.54, 1.807) is 0 Å². The first-order valence-corrected chi connectivity index (χ1v) is 8.15. The van der Waals surface area contributed by atoms with Crippen LogP contribution in [0, 0.1) is 5.92 Å². The van der Waals surface area contributed by atoms with E-state index in [2.05, 4.69) is 4.90 Å². The number of alkyl halides is 3. The van der Waals surface area contributed by atoms with Gasteiger partial charge in [0.05, 0.1) is 25.2 Å². The number of hydrogen-bond acceptors (Lipinski definition) is 3. The summed E-state index contributed by atoms with van der Waals surface area (Å²) in [4.78, 5) is 15.9. The highest BCUT2D eigenvalue weighted by atomic mass is 19.4. The summed E-state index contributed by atoms with van der Waals surface area (Å²) in [5, 5.41) is 0. The molecule has 1 saturated carbocycles. The van der Waals surface area contributed by atoms with E-state index in [0.29, 0.717) is 26.1 Å². The monoisotopic (exact) mass is 320 g/mol. The molecule has 3 fully saturated rings. The second-order valence-electron chi connectivity index (χ2n) is 6.60. The molecule has 2 saturated heterocycles. The summed E-state index contributed by atoms with van der Waals surface area (Å²) in [7, 11) is 0. The van der Waals surface area contributed by atoms with Gasteiger partial charge in [0.1, 0.15) is 0 Å². The van der Waals surface area contributed by atoms with E-state index in [0.717, 1.165) is 19.3 Å². The van der Waals surface area contributed by atoms with Crippen LogP contribution < -0.4 is 0 Å². The van der Waals surface area contributed by atoms with Crippen molar-refractivity contribution in [1.29, 1.82) is 0 Å². The highest BCUT2D eigenvalue weighted by Gasteiger charge is 2.43. The molecule has 0 unspecified atom stereocenters. The lowest BCUT2D eigenvalue weighted by molar-refractivity contribution is -0.188. The molecular weight excluding hydrogens is 297 g/mol. The number of likely N-dealkylation sites (tertiary alicyclic amines) is 1. The van der Waals surface area contributed by atoms with Gasteiger partial charge in [-0.3, -0.25) is 9.69 Å². The van der Waals surface area contributed by atoms with Gasteiger partial charge in [0.15, 0.2) is 0 Å². The number of morpholine rings is 1. The summed E-state index contributed by atoms with van der Waals surface area (Å²) in [5.41, 5.74) is 0. The fourth-order valence-corrected chi connectivity index (χ4v) is 3.95. The molecule has 1 aliphatic carbocycles. The van der Waals surface area contributed by atoms with E-state index in [9.17, 15) is 18.0 Å². The zero-order valence-corrected chi connectivity index (χ0v) is 12.6. The predicted octanol–water partition coefficient (Wildman–Crippen LogP) is 2.04. The van der Waals surface area contributed by atoms with E-state index < -0.39 is 12.1 Å². The van der Waals surface area contributed by atoms with Crippen molar-refractivity contribution < 1.29 is 22.7 Å². The van der Waals surface area contributed by atoms with Gasteiger partial charge in [0, 0.05) is 25.7 Å². The summed E-state index contributed by atoms with van der Waals surface area (Å²) in [6.07, 6.45) is -0.293. The molecule has 0 radical (unpaired) electrons. The lowest BCUT2D eigenvalue weighted by Crippen LogP contribution is -2.54. The molecule has 3 aliphatic rings. The molecule has 126 valence electrons. The average Bonchev–Trinajstić information content (AvgIpc) is 2.96. The maximum absolute atomic E-state index is 12.8. The summed E-state index contributed by atoms with van der Waals surface area (Å²) in [5.74, 6) is -1.53. The van der Waals surface area contributed by atoms with Crippen molar-refractivity contribution in [3.05, 3.63) is 0 Å². The van der Waals surface area contributed by atoms with Crippen LogP contribution in [0.15, 0.2) is 0 Å². The maximum Gasteiger partial charge on any atom is 0.393 e. The van der Waals surface area contributed by atoms with Gasteiger partial charge in [-0.05, 0) is 32.1 Å². The fraction of sp³-hybridized carbons (Fsp3) is 0.933. The number of carbonyl (C=O) groups excluding carboxylic acids is 1. The van der Waals surface area contributed by atoms with Crippen molar-refractivity contribution in [3.8, 4) is 0 Å². The lowest BCUT2D eigenvalue weighted by Gasteiger charge is -2.39. The minimum absolute atomic E-state index is 0.134. The van der Waals surface area contributed by atoms with Crippen molar-refractivity contribution >= 4 is 5.91 Å². The quantitative estimate of drug-likeness (QED) is 0.781. The number of carbonyl (C=O) groups is 1. The molecule has 3 atom stereocenters. The third kappa shape index (κ3) is 3.40. The molecule has 7 heteroatoms. The highest BCUT2D eigenvalue weighted by Crippen LogP contribution is 2.33. The Balaban J connectivity index is 1.57. The number of amides is 1. The van der Waals surface area contributed by atoms with E-state index in [-0.39, 0.29) is 37.6 Å². The maximum atomic E-state index is 12.8. The minimum atomic E-state index is -4.20. The Morgan fingerprint density at radius 1 is 1.14 bits per heavy atom. The summed E-state index contributed by atoms with van der Waals surface area (Å²) < 4.78 is 44.2. The molecule has 0 aromatic heterocycles. The normalized spacial score (nSPS) is 33.8. The van der Waals surface area contributed by atoms with Crippen LogP contribution in [0.4, 0.5) is 13.2 Å². The van der Waals surface area contributed by atoms with Gasteiger partial charge in [-0.2, -0.15) is 13.2 Å². The zero-order chi connectivity index (χ0) is 15.7. The van der Waals surface area contributed by atoms with Gasteiger partial charge < -0.3 is 9.64 Å². The topological polar surface area (TPSA) is 32.8 Å². The van der Waals surface area contributed by atoms with Crippen LogP contribution in [0.3, 0.4) is 0 Å². The van der Waals surface area contributed by atoms with Gasteiger partial charge >= 0.3 is 6.18 Å². The van der Waals surface area contributed by atoms with Crippen LogP contribution in [0.2, 0.25) is 0 Å². The molecule has 2 aliphatic heterocycles. The third-order valence-corrected chi connectivity index (χ3v) is 5.17. The lowest BCUT2D eigenvalue weighted by atomic mass is 9.97. The van der Waals surface area contributed by atoms with Crippen LogP contribution in [0.5, 0.6) is 0 Å². The van der Waals surface area contributed by atoms with Crippen molar-refractivity contribution in [2.24, 2.45) is 5.92 Å². The molecule has 2 heterocycles. The first kappa shape index (κ1) is 16.1. The van der Waals surface area contributed by atoms with E-state index in [4.69, 9.17) is 4.74 Å². The highest BCUT2D eigenvalue weighted by molar-refractivity contribution is 5.78. The van der Waals surface area contributed by atoms with Crippen molar-refractivity contribution in [2.75, 3.05) is 32.8 Å². The second kappa shape index (κ2) is 6.35. The number of hydrogen-bond donors (Lipinski definition) is 0. The van der Waals surface area contributed by atoms with Gasteiger partial charge in [0.2, 0.25) is 5.91 Å². The molecule has 1 amide bonds. The molecular formula is C15H23F3N2O2. The first-order chi connectivity index (χ1) is 10.4. The summed E-state index contributed by atoms with van der Waals surface area (Å²) >= 11 is 0. The van der Waals surface area contributed by atoms with Gasteiger partial charge in [-0.15, -0.1) is 0 Å². The van der Waals surface area contributed by atoms with Gasteiger partial charge in [0.25, 0.3) is 0 Å². The number of halogens is 3. The van der Waals surface area contributed by atoms with E-state index in [1.807, 2.05) is 0 Å². The Kier molecular flexibility index (Phi) is 4.64. The van der Waals surface area contributed by atoms with Crippen LogP contribution in [-0.2, 0) is 9.53 Å². The number of ether oxygens (including phenoxy) is 1. The van der Waals surface area contributed by atoms with E-state index >= 15 is 0 Å². The smallest absolute Gasteiger partial charge is 0.375 e. The van der Waals surface area contributed by atoms with E-state index in [1.165, 1.54) is 4.90 Å². The molecule has 22 heavy (non-hydrogen) atoms. The summed E-state index contributed by atoms with van der Waals surface area (Å²) in [6, 6.07) is 0.265. The van der Waals surface area contributed by atoms with Crippen LogP contribution in [0.25, 0.3) is 0 Å². The van der Waals surface area contributed by atoms with Crippen LogP contribution in [-0.4, -0.2) is 66.8 Å². The summed E-state index contributed by atoms with van der Waals surface area (Å²) in [6.45, 7) is 1.81. The van der Waals surface area contributed by atoms with Crippen molar-refractivity contribution in [3.63, 3.8) is 0 Å². The van der Waals surface area contributed by atoms with Crippen molar-refractivity contribution in [2.45, 2.75) is 50.4 Å². The Labute approximate surface area is 128 Å². The van der Waals surface area contributed by atoms with Crippen LogP contribution >= 0.6 is 0 Å². The standard InChI is InChI=1S/C15H23F3N2O2/c16-15(17,18)11-3-2-6-20(9-11)14(21)10-19-7-8-22-13-5-1-4-12(13)19/h11-13H,1-10H2/t11-,12-,13+/m0/s1. The van der Waals surface area contributed by atoms with Crippen molar-refractivity contribution in [1.82, 2.24) is 9.80 Å². The third-order valence-electron chi connectivity index (χ3n) is 5.17. The second-order valence-corrected chi connectivity index (χ2v) is 6.60. The molecule has 0 spiro atoms. The Morgan fingerprint density at radius 2 is 1.95 bits per heavy atom. The Bertz CT molecular complexity index is 416. The largest absolute Gasteiger partial charge is 0.393 e. The first-order valence-electron chi connectivity index (χ1n) is 8.15. The number of piperidine rings is 1. The molecule has 0 aromatic carbocycles. The number of nitrogens with zero attached hydrogens (tertiary/aromatic N) is 2. The molecule has 3 rings (SSSR count). The zero-order valence-electron chi connectivity index (χ0n) is 12.6. The molecule has 0 N–H and O–H groups in total. The fourth-order valence-electron chi connectivity index (χ4n) is 3.95. The van der Waals surface area contributed by atoms with Crippen LogP contribution in [0.1, 0.15) is 32.1 Å². The number of fused-ring (bicyclic) bond motifs is 1. The Morgan fingerprint density at radius 3 is 2.73 bits per heavy atom. The van der Waals surface area contributed by atoms with Gasteiger partial charge in [-0.1, -0.05) is 0 Å².